The molecule has 57 heavy (non-hydrogen) atoms. The van der Waals surface area contributed by atoms with E-state index in [-0.39, 0.29) is 25.6 Å². The molecule has 0 aliphatic rings. The minimum Gasteiger partial charge on any atom is -0.462 e. The van der Waals surface area contributed by atoms with Gasteiger partial charge in [0.15, 0.2) is 6.10 Å². The molecule has 0 bridgehead atoms. The number of ether oxygens (including phenoxy) is 2. The summed E-state index contributed by atoms with van der Waals surface area (Å²) in [5, 5.41) is 9.46. The summed E-state index contributed by atoms with van der Waals surface area (Å²) in [6, 6.07) is 0. The number of aliphatic hydroxyl groups is 1. The molecule has 0 radical (unpaired) electrons. The molecular weight excluding hydrogens is 739 g/mol. The minimum atomic E-state index is -4.78. The molecule has 330 valence electrons. The predicted octanol–water partition coefficient (Wildman–Crippen LogP) is 12.9. The molecule has 3 N–H and O–H groups in total. The van der Waals surface area contributed by atoms with Gasteiger partial charge in [0.25, 0.3) is 0 Å². The van der Waals surface area contributed by atoms with Gasteiger partial charge in [-0.15, -0.1) is 0 Å². The number of esters is 2. The van der Waals surface area contributed by atoms with Crippen LogP contribution in [-0.4, -0.2) is 52.3 Å². The molecular formula is C47H83O9P. The lowest BCUT2D eigenvalue weighted by Crippen LogP contribution is -2.29. The molecule has 0 amide bonds. The Labute approximate surface area is 348 Å². The first-order chi connectivity index (χ1) is 27.5. The molecule has 0 rings (SSSR count). The number of carbonyl (C=O) groups is 2. The van der Waals surface area contributed by atoms with Crippen molar-refractivity contribution in [1.82, 2.24) is 0 Å². The molecule has 0 aromatic rings. The summed E-state index contributed by atoms with van der Waals surface area (Å²) < 4.78 is 26.4. The fourth-order valence-electron chi connectivity index (χ4n) is 6.13. The van der Waals surface area contributed by atoms with Crippen molar-refractivity contribution in [3.63, 3.8) is 0 Å². The maximum atomic E-state index is 12.4. The van der Waals surface area contributed by atoms with Crippen LogP contribution in [0.2, 0.25) is 0 Å². The van der Waals surface area contributed by atoms with Crippen molar-refractivity contribution in [3.05, 3.63) is 60.8 Å². The number of allylic oxidation sites excluding steroid dienone is 9. The minimum absolute atomic E-state index is 0.119. The lowest BCUT2D eigenvalue weighted by atomic mass is 10.0. The maximum Gasteiger partial charge on any atom is 0.469 e. The normalized spacial score (nSPS) is 13.7. The number of carbonyl (C=O) groups excluding carboxylic acids is 2. The lowest BCUT2D eigenvalue weighted by molar-refractivity contribution is -0.161. The van der Waals surface area contributed by atoms with Crippen molar-refractivity contribution in [2.45, 2.75) is 206 Å². The van der Waals surface area contributed by atoms with E-state index in [1.54, 1.807) is 6.08 Å². The zero-order valence-corrected chi connectivity index (χ0v) is 37.1. The van der Waals surface area contributed by atoms with Gasteiger partial charge in [-0.1, -0.05) is 197 Å². The van der Waals surface area contributed by atoms with Crippen LogP contribution in [0.4, 0.5) is 0 Å². The highest BCUT2D eigenvalue weighted by Crippen LogP contribution is 2.36. The fourth-order valence-corrected chi connectivity index (χ4v) is 6.49. The summed E-state index contributed by atoms with van der Waals surface area (Å²) >= 11 is 0. The molecule has 0 aromatic carbocycles. The zero-order valence-electron chi connectivity index (χ0n) is 36.2. The molecule has 0 aliphatic heterocycles. The standard InChI is InChI=1S/C47H83O9P/c1-4-44(48)38-34-30-26-22-18-14-11-12-16-20-24-28-32-36-40-47(50)56-45(42-55-57(51,52)53)41-54-46(49)39-35-31-27-23-19-15-10-8-6-5-7-9-13-17-21-25-29-33-37-43(2)3/h12,14,16,18,24,26,28,30,34,38,43-45,48H,4-11,13,15,17,19-23,25,27,29,31-33,35-37,39-42H2,1-3H3,(H2,51,52,53)/b16-12-,18-14-,28-24-,30-26-,38-34+/t44-,45-/m1/s1. The average molecular weight is 823 g/mol. The predicted molar refractivity (Wildman–Crippen MR) is 236 cm³/mol. The van der Waals surface area contributed by atoms with Crippen molar-refractivity contribution in [2.75, 3.05) is 13.2 Å². The second-order valence-electron chi connectivity index (χ2n) is 15.7. The first kappa shape index (κ1) is 54.7. The molecule has 0 saturated heterocycles. The highest BCUT2D eigenvalue weighted by Gasteiger charge is 2.22. The van der Waals surface area contributed by atoms with Crippen LogP contribution in [0.15, 0.2) is 60.8 Å². The SMILES string of the molecule is CC[C@@H](O)/C=C/C=C\C/C=C\C/C=C\C/C=C\CCCC(=O)O[C@H](COC(=O)CCCCCCCCCCCCCCCCCCCCC(C)C)COP(=O)(O)O. The molecule has 0 heterocycles. The van der Waals surface area contributed by atoms with Crippen molar-refractivity contribution in [2.24, 2.45) is 5.92 Å². The number of aliphatic hydroxyl groups excluding tert-OH is 1. The van der Waals surface area contributed by atoms with E-state index < -0.39 is 32.5 Å². The molecule has 0 saturated carbocycles. The van der Waals surface area contributed by atoms with Crippen LogP contribution >= 0.6 is 7.82 Å². The van der Waals surface area contributed by atoms with Gasteiger partial charge in [-0.05, 0) is 50.9 Å². The largest absolute Gasteiger partial charge is 0.469 e. The second-order valence-corrected chi connectivity index (χ2v) is 16.9. The summed E-state index contributed by atoms with van der Waals surface area (Å²) in [4.78, 5) is 42.9. The number of hydrogen-bond acceptors (Lipinski definition) is 7. The quantitative estimate of drug-likeness (QED) is 0.0181. The molecule has 0 aromatic heterocycles. The van der Waals surface area contributed by atoms with Crippen LogP contribution in [0.1, 0.15) is 194 Å². The van der Waals surface area contributed by atoms with Gasteiger partial charge in [-0.3, -0.25) is 14.1 Å². The zero-order chi connectivity index (χ0) is 42.1. The average Bonchev–Trinajstić information content (AvgIpc) is 3.17. The number of phosphoric acid groups is 1. The van der Waals surface area contributed by atoms with E-state index in [1.165, 1.54) is 103 Å². The third-order valence-electron chi connectivity index (χ3n) is 9.64. The summed E-state index contributed by atoms with van der Waals surface area (Å²) in [5.41, 5.74) is 0. The highest BCUT2D eigenvalue weighted by molar-refractivity contribution is 7.46. The fraction of sp³-hybridized carbons (Fsp3) is 0.745. The summed E-state index contributed by atoms with van der Waals surface area (Å²) in [5.74, 6) is -0.124. The summed E-state index contributed by atoms with van der Waals surface area (Å²) in [6.07, 6.45) is 47.6. The van der Waals surface area contributed by atoms with Crippen molar-refractivity contribution in [1.29, 1.82) is 0 Å². The van der Waals surface area contributed by atoms with Crippen molar-refractivity contribution in [3.8, 4) is 0 Å². The molecule has 2 atom stereocenters. The second kappa shape index (κ2) is 40.5. The van der Waals surface area contributed by atoms with Gasteiger partial charge in [0.2, 0.25) is 0 Å². The number of hydrogen-bond donors (Lipinski definition) is 3. The number of rotatable bonds is 40. The molecule has 0 unspecified atom stereocenters. The van der Waals surface area contributed by atoms with Gasteiger partial charge < -0.3 is 24.4 Å². The number of phosphoric ester groups is 1. The Morgan fingerprint density at radius 1 is 0.579 bits per heavy atom. The van der Waals surface area contributed by atoms with E-state index in [0.717, 1.165) is 38.0 Å². The Bertz CT molecular complexity index is 1140. The molecule has 0 spiro atoms. The molecule has 0 aliphatic carbocycles. The highest BCUT2D eigenvalue weighted by atomic mass is 31.2. The van der Waals surface area contributed by atoms with Gasteiger partial charge in [-0.2, -0.15) is 0 Å². The molecule has 10 heteroatoms. The van der Waals surface area contributed by atoms with E-state index in [1.807, 2.05) is 37.3 Å². The van der Waals surface area contributed by atoms with Crippen molar-refractivity contribution >= 4 is 19.8 Å². The van der Waals surface area contributed by atoms with Gasteiger partial charge in [-0.25, -0.2) is 4.57 Å². The van der Waals surface area contributed by atoms with Crippen molar-refractivity contribution < 1.29 is 43.0 Å². The van der Waals surface area contributed by atoms with Crippen LogP contribution < -0.4 is 0 Å². The first-order valence-corrected chi connectivity index (χ1v) is 24.1. The van der Waals surface area contributed by atoms with E-state index in [0.29, 0.717) is 25.7 Å². The number of unbranched alkanes of at least 4 members (excludes halogenated alkanes) is 18. The van der Waals surface area contributed by atoms with Gasteiger partial charge in [0, 0.05) is 12.8 Å². The first-order valence-electron chi connectivity index (χ1n) is 22.5. The van der Waals surface area contributed by atoms with Crippen LogP contribution in [0.5, 0.6) is 0 Å². The van der Waals surface area contributed by atoms with Gasteiger partial charge >= 0.3 is 19.8 Å². The van der Waals surface area contributed by atoms with Gasteiger partial charge in [0.05, 0.1) is 12.7 Å². The van der Waals surface area contributed by atoms with E-state index in [4.69, 9.17) is 19.3 Å². The topological polar surface area (TPSA) is 140 Å². The third kappa shape index (κ3) is 44.7. The molecule has 9 nitrogen and oxygen atoms in total. The van der Waals surface area contributed by atoms with Crippen LogP contribution in [0, 0.1) is 5.92 Å². The Morgan fingerprint density at radius 3 is 1.53 bits per heavy atom. The Morgan fingerprint density at radius 2 is 1.04 bits per heavy atom. The van der Waals surface area contributed by atoms with E-state index in [2.05, 4.69) is 42.7 Å². The smallest absolute Gasteiger partial charge is 0.462 e. The van der Waals surface area contributed by atoms with Crippen LogP contribution in [-0.2, 0) is 28.2 Å². The Hall–Kier alpha value is -2.29. The summed E-state index contributed by atoms with van der Waals surface area (Å²) in [6.45, 7) is 5.68. The Kier molecular flexibility index (Phi) is 38.9. The third-order valence-corrected chi connectivity index (χ3v) is 10.1. The van der Waals surface area contributed by atoms with E-state index in [9.17, 15) is 19.3 Å². The maximum absolute atomic E-state index is 12.4. The van der Waals surface area contributed by atoms with E-state index >= 15 is 0 Å². The Balaban J connectivity index is 3.95. The van der Waals surface area contributed by atoms with Crippen LogP contribution in [0.25, 0.3) is 0 Å². The lowest BCUT2D eigenvalue weighted by Gasteiger charge is -2.18. The monoisotopic (exact) mass is 823 g/mol. The van der Waals surface area contributed by atoms with Crippen LogP contribution in [0.3, 0.4) is 0 Å². The molecule has 0 fully saturated rings. The summed E-state index contributed by atoms with van der Waals surface area (Å²) in [7, 11) is -4.78. The van der Waals surface area contributed by atoms with Gasteiger partial charge in [0.1, 0.15) is 6.61 Å².